The van der Waals surface area contributed by atoms with Crippen LogP contribution in [0.15, 0.2) is 35.7 Å². The Hall–Kier alpha value is -4.73. The maximum Gasteiger partial charge on any atom is 0.406 e. The van der Waals surface area contributed by atoms with Gasteiger partial charge >= 0.3 is 12.1 Å². The van der Waals surface area contributed by atoms with Crippen LogP contribution < -0.4 is 49.6 Å². The molecule has 0 spiro atoms. The zero-order chi connectivity index (χ0) is 48.7. The van der Waals surface area contributed by atoms with Gasteiger partial charge in [-0.25, -0.2) is 15.4 Å². The van der Waals surface area contributed by atoms with Crippen molar-refractivity contribution in [3.05, 3.63) is 41.2 Å². The van der Waals surface area contributed by atoms with E-state index in [4.69, 9.17) is 37.6 Å². The van der Waals surface area contributed by atoms with E-state index in [1.165, 1.54) is 26.4 Å². The van der Waals surface area contributed by atoms with E-state index < -0.39 is 23.7 Å². The van der Waals surface area contributed by atoms with E-state index in [2.05, 4.69) is 31.3 Å². The number of hydrogen-bond donors (Lipinski definition) is 11. The molecule has 368 valence electrons. The number of aliphatic hydroxyl groups excluding tert-OH is 2. The number of benzene rings is 1. The lowest BCUT2D eigenvalue weighted by Crippen LogP contribution is -2.51. The number of methoxy groups -OCH3 is 1. The Bertz CT molecular complexity index is 1530. The van der Waals surface area contributed by atoms with Crippen molar-refractivity contribution in [1.82, 2.24) is 26.3 Å². The van der Waals surface area contributed by atoms with Crippen molar-refractivity contribution in [2.24, 2.45) is 46.7 Å². The van der Waals surface area contributed by atoms with Gasteiger partial charge in [-0.3, -0.25) is 14.4 Å². The molecule has 3 rings (SSSR count). The Morgan fingerprint density at radius 3 is 1.98 bits per heavy atom. The third-order valence-corrected chi connectivity index (χ3v) is 9.89. The molecule has 0 heterocycles. The monoisotopic (exact) mass is 911 g/mol. The van der Waals surface area contributed by atoms with Crippen LogP contribution in [0.2, 0.25) is 0 Å². The highest BCUT2D eigenvalue weighted by atomic mass is 16.5. The summed E-state index contributed by atoms with van der Waals surface area (Å²) in [6.45, 7) is 16.8. The summed E-state index contributed by atoms with van der Waals surface area (Å²) >= 11 is 0. The van der Waals surface area contributed by atoms with E-state index in [1.54, 1.807) is 29.3 Å². The molecule has 1 fully saturated rings. The summed E-state index contributed by atoms with van der Waals surface area (Å²) in [5.41, 5.74) is 18.9. The molecule has 15 N–H and O–H groups in total. The van der Waals surface area contributed by atoms with E-state index in [1.807, 2.05) is 48.5 Å². The van der Waals surface area contributed by atoms with Crippen molar-refractivity contribution in [2.45, 2.75) is 112 Å². The van der Waals surface area contributed by atoms with Crippen molar-refractivity contribution in [3.8, 4) is 0 Å². The number of alkyl carbamates (subject to hydrolysis) is 1. The molecule has 0 aromatic heterocycles. The van der Waals surface area contributed by atoms with Crippen LogP contribution in [0.4, 0.5) is 15.3 Å². The fraction of sp³-hybridized carbons (Fsp3) is 0.705. The minimum Gasteiger partial charge on any atom is -0.453 e. The largest absolute Gasteiger partial charge is 0.453 e. The Balaban J connectivity index is 0.000000902. The predicted molar refractivity (Wildman–Crippen MR) is 248 cm³/mol. The van der Waals surface area contributed by atoms with Crippen molar-refractivity contribution in [1.29, 1.82) is 0 Å². The number of hydrogen-bond acceptors (Lipinski definition) is 14. The molecule has 0 bridgehead atoms. The minimum absolute atomic E-state index is 0.0341. The molecule has 20 nitrogen and oxygen atoms in total. The number of nitrogens with one attached hydrogen (secondary N) is 5. The van der Waals surface area contributed by atoms with Gasteiger partial charge in [-0.15, -0.1) is 0 Å². The van der Waals surface area contributed by atoms with Crippen LogP contribution in [0.25, 0.3) is 0 Å². The number of fused-ring (bicyclic) bond motifs is 1. The Morgan fingerprint density at radius 2 is 1.48 bits per heavy atom. The molecular formula is C44H82N10O10. The molecule has 6 amide bonds. The third-order valence-electron chi connectivity index (χ3n) is 9.89. The number of rotatable bonds is 22. The molecule has 0 saturated heterocycles. The third kappa shape index (κ3) is 27.5. The summed E-state index contributed by atoms with van der Waals surface area (Å²) in [5, 5.41) is 32.9. The molecule has 3 unspecified atom stereocenters. The minimum atomic E-state index is -0.683. The van der Waals surface area contributed by atoms with Gasteiger partial charge in [-0.1, -0.05) is 46.8 Å². The number of urea groups is 1. The number of carbonyl (C=O) groups is 5. The summed E-state index contributed by atoms with van der Waals surface area (Å²) in [5.74, 6) is 7.12. The van der Waals surface area contributed by atoms with Gasteiger partial charge in [0, 0.05) is 43.1 Å². The van der Waals surface area contributed by atoms with Crippen LogP contribution >= 0.6 is 0 Å². The first-order valence-corrected chi connectivity index (χ1v) is 22.2. The van der Waals surface area contributed by atoms with Gasteiger partial charge in [0.2, 0.25) is 17.7 Å². The quantitative estimate of drug-likeness (QED) is 0.0451. The Labute approximate surface area is 380 Å². The zero-order valence-electron chi connectivity index (χ0n) is 39.6. The van der Waals surface area contributed by atoms with Crippen LogP contribution in [0.3, 0.4) is 0 Å². The number of hydrazine groups is 1. The molecule has 0 radical (unpaired) electrons. The van der Waals surface area contributed by atoms with E-state index in [0.717, 1.165) is 48.1 Å². The number of anilines is 1. The van der Waals surface area contributed by atoms with E-state index in [9.17, 15) is 29.1 Å². The summed E-state index contributed by atoms with van der Waals surface area (Å²) in [7, 11) is 1.32. The number of nitrogens with zero attached hydrogens (tertiary/aromatic N) is 1. The number of allylic oxidation sites excluding steroid dienone is 2. The van der Waals surface area contributed by atoms with Crippen LogP contribution in [0, 0.1) is 23.7 Å². The highest BCUT2D eigenvalue weighted by Crippen LogP contribution is 2.48. The topological polar surface area (TPSA) is 321 Å². The van der Waals surface area contributed by atoms with Crippen LogP contribution in [-0.2, 0) is 35.2 Å². The molecule has 1 saturated carbocycles. The Kier molecular flexibility index (Phi) is 31.2. The zero-order valence-corrected chi connectivity index (χ0v) is 39.6. The molecule has 0 aliphatic heterocycles. The second-order valence-corrected chi connectivity index (χ2v) is 16.9. The lowest BCUT2D eigenvalue weighted by molar-refractivity contribution is -0.131. The smallest absolute Gasteiger partial charge is 0.406 e. The number of amides is 6. The second-order valence-electron chi connectivity index (χ2n) is 16.9. The fourth-order valence-corrected chi connectivity index (χ4v) is 5.97. The molecule has 2 aliphatic rings. The van der Waals surface area contributed by atoms with Gasteiger partial charge in [0.05, 0.1) is 58.8 Å². The van der Waals surface area contributed by atoms with Gasteiger partial charge in [-0.2, -0.15) is 0 Å². The van der Waals surface area contributed by atoms with Crippen molar-refractivity contribution >= 4 is 35.5 Å². The highest BCUT2D eigenvalue weighted by Gasteiger charge is 2.38. The Morgan fingerprint density at radius 1 is 0.875 bits per heavy atom. The SMILES string of the molecule is CC(C)(CO)N(N)/C1=C(\N)CCC2CC2CC1.CC(C)CC(=O)NC(C(=O)NCC(=O)Nc1ccc(CO)cc1)C(C)C.CCCNC(N)=O.COC(=O)NCCOCCOCCN. The van der Waals surface area contributed by atoms with Crippen molar-refractivity contribution < 1.29 is 48.4 Å². The molecule has 1 aromatic rings. The summed E-state index contributed by atoms with van der Waals surface area (Å²) in [4.78, 5) is 56.6. The number of ether oxygens (including phenoxy) is 3. The summed E-state index contributed by atoms with van der Waals surface area (Å²) in [6.07, 6.45) is 6.49. The van der Waals surface area contributed by atoms with E-state index >= 15 is 0 Å². The molecular weight excluding hydrogens is 829 g/mol. The lowest BCUT2D eigenvalue weighted by atomic mass is 9.98. The summed E-state index contributed by atoms with van der Waals surface area (Å²) < 4.78 is 14.6. The average molecular weight is 911 g/mol. The molecule has 3 atom stereocenters. The maximum absolute atomic E-state index is 12.3. The first kappa shape index (κ1) is 59.3. The first-order chi connectivity index (χ1) is 30.3. The van der Waals surface area contributed by atoms with Gasteiger partial charge in [0.1, 0.15) is 6.04 Å². The number of primary amides is 1. The van der Waals surface area contributed by atoms with Crippen LogP contribution in [-0.4, -0.2) is 123 Å². The molecule has 64 heavy (non-hydrogen) atoms. The van der Waals surface area contributed by atoms with Gasteiger partial charge in [-0.05, 0) is 93.7 Å². The van der Waals surface area contributed by atoms with E-state index in [-0.39, 0.29) is 49.3 Å². The first-order valence-electron chi connectivity index (χ1n) is 22.2. The lowest BCUT2D eigenvalue weighted by Gasteiger charge is -2.38. The van der Waals surface area contributed by atoms with Gasteiger partial charge in [0.25, 0.3) is 0 Å². The number of carbonyl (C=O) groups excluding carboxylic acids is 5. The predicted octanol–water partition coefficient (Wildman–Crippen LogP) is 2.13. The fourth-order valence-electron chi connectivity index (χ4n) is 5.97. The maximum atomic E-state index is 12.3. The molecule has 1 aromatic carbocycles. The highest BCUT2D eigenvalue weighted by molar-refractivity contribution is 5.96. The summed E-state index contributed by atoms with van der Waals surface area (Å²) in [6, 6.07) is 5.63. The standard InChI is InChI=1S/C19H29N3O4.C13H25N3O.C8H18N2O4.C4H10N2O/c1-12(2)9-16(24)22-18(13(3)4)19(26)20-10-17(25)21-15-7-5-14(11-23)6-8-15;1-13(2,8-17)16(15)12-6-4-10-7-9(10)3-5-11(12)14;1-12-8(11)10-3-5-14-7-6-13-4-2-9;1-2-3-6-4(5)7/h5-8,12-13,18,23H,9-11H2,1-4H3,(H,20,26)(H,21,25)(H,22,24);9-10,17H,3-8,14-15H2,1-2H3;2-7,9H2,1H3,(H,10,11);2-3H2,1H3,(H3,5,6,7)/b;12-11-;;. The second kappa shape index (κ2) is 33.7. The van der Waals surface area contributed by atoms with Crippen LogP contribution in [0.5, 0.6) is 0 Å². The van der Waals surface area contributed by atoms with E-state index in [0.29, 0.717) is 58.2 Å². The van der Waals surface area contributed by atoms with Crippen LogP contribution in [0.1, 0.15) is 99.0 Å². The van der Waals surface area contributed by atoms with Crippen molar-refractivity contribution in [2.75, 3.05) is 71.6 Å². The van der Waals surface area contributed by atoms with Crippen molar-refractivity contribution in [3.63, 3.8) is 0 Å². The number of nitrogens with two attached hydrogens (primary N) is 4. The normalized spacial score (nSPS) is 16.8. The van der Waals surface area contributed by atoms with Gasteiger partial charge < -0.3 is 73.2 Å². The molecule has 20 heteroatoms. The molecule has 2 aliphatic carbocycles. The number of aliphatic hydroxyl groups is 2. The average Bonchev–Trinajstić information content (AvgIpc) is 4.01. The van der Waals surface area contributed by atoms with Gasteiger partial charge in [0.15, 0.2) is 0 Å².